The van der Waals surface area contributed by atoms with Gasteiger partial charge in [0.2, 0.25) is 0 Å². The highest BCUT2D eigenvalue weighted by atomic mass is 16.6. The van der Waals surface area contributed by atoms with Crippen LogP contribution >= 0.6 is 0 Å². The molecule has 0 spiro atoms. The van der Waals surface area contributed by atoms with Crippen molar-refractivity contribution in [3.05, 3.63) is 19.3 Å². The average Bonchev–Trinajstić information content (AvgIpc) is 2.20. The first-order valence-electron chi connectivity index (χ1n) is 4.94. The molecule has 0 fully saturated rings. The van der Waals surface area contributed by atoms with Crippen molar-refractivity contribution in [1.29, 1.82) is 0 Å². The molecule has 0 amide bonds. The first-order chi connectivity index (χ1) is 6.70. The monoisotopic (exact) mass is 201 g/mol. The summed E-state index contributed by atoms with van der Waals surface area (Å²) in [6.07, 6.45) is 3.59. The highest BCUT2D eigenvalue weighted by molar-refractivity contribution is 4.58. The van der Waals surface area contributed by atoms with Gasteiger partial charge in [-0.15, -0.1) is 0 Å². The van der Waals surface area contributed by atoms with Crippen molar-refractivity contribution in [2.75, 3.05) is 19.8 Å². The van der Waals surface area contributed by atoms with Crippen LogP contribution in [0.1, 0.15) is 20.8 Å². The standard InChI is InChI=1S/C11H21O3/c1-5-7-13-11(4)9-14-10(3)8-12-6-2/h5-6,10-11H,2,7-9H2,1,3-4H3. The Hall–Kier alpha value is -0.540. The van der Waals surface area contributed by atoms with Gasteiger partial charge in [0.15, 0.2) is 0 Å². The third kappa shape index (κ3) is 8.08. The summed E-state index contributed by atoms with van der Waals surface area (Å²) in [6, 6.07) is 0. The molecule has 0 N–H and O–H groups in total. The minimum Gasteiger partial charge on any atom is -0.499 e. The van der Waals surface area contributed by atoms with Crippen LogP contribution in [0.3, 0.4) is 0 Å². The van der Waals surface area contributed by atoms with E-state index >= 15 is 0 Å². The fraction of sp³-hybridized carbons (Fsp3) is 0.727. The van der Waals surface area contributed by atoms with E-state index in [-0.39, 0.29) is 12.2 Å². The molecule has 2 unspecified atom stereocenters. The summed E-state index contributed by atoms with van der Waals surface area (Å²) in [5.74, 6) is 0. The Morgan fingerprint density at radius 2 is 1.79 bits per heavy atom. The third-order valence-corrected chi connectivity index (χ3v) is 1.61. The van der Waals surface area contributed by atoms with Gasteiger partial charge in [-0.3, -0.25) is 0 Å². The highest BCUT2D eigenvalue weighted by Gasteiger charge is 2.06. The predicted octanol–water partition coefficient (Wildman–Crippen LogP) is 2.18. The summed E-state index contributed by atoms with van der Waals surface area (Å²) in [5, 5.41) is 0. The first-order valence-corrected chi connectivity index (χ1v) is 4.94. The van der Waals surface area contributed by atoms with Crippen molar-refractivity contribution >= 4 is 0 Å². The number of ether oxygens (including phenoxy) is 3. The van der Waals surface area contributed by atoms with E-state index in [1.165, 1.54) is 6.26 Å². The largest absolute Gasteiger partial charge is 0.499 e. The number of hydrogen-bond donors (Lipinski definition) is 0. The van der Waals surface area contributed by atoms with Crippen LogP contribution in [0.4, 0.5) is 0 Å². The van der Waals surface area contributed by atoms with Gasteiger partial charge < -0.3 is 14.2 Å². The Kier molecular flexibility index (Phi) is 8.68. The van der Waals surface area contributed by atoms with Crippen molar-refractivity contribution < 1.29 is 14.2 Å². The van der Waals surface area contributed by atoms with Gasteiger partial charge in [-0.1, -0.05) is 13.5 Å². The maximum atomic E-state index is 5.49. The Morgan fingerprint density at radius 3 is 2.36 bits per heavy atom. The van der Waals surface area contributed by atoms with Crippen LogP contribution < -0.4 is 0 Å². The maximum Gasteiger partial charge on any atom is 0.113 e. The quantitative estimate of drug-likeness (QED) is 0.535. The lowest BCUT2D eigenvalue weighted by molar-refractivity contribution is -0.0424. The van der Waals surface area contributed by atoms with Crippen LogP contribution in [-0.4, -0.2) is 32.0 Å². The van der Waals surface area contributed by atoms with Crippen LogP contribution in [0, 0.1) is 6.42 Å². The highest BCUT2D eigenvalue weighted by Crippen LogP contribution is 1.98. The van der Waals surface area contributed by atoms with E-state index in [1.54, 1.807) is 0 Å². The smallest absolute Gasteiger partial charge is 0.113 e. The van der Waals surface area contributed by atoms with E-state index in [0.717, 1.165) is 0 Å². The normalized spacial score (nSPS) is 14.8. The summed E-state index contributed by atoms with van der Waals surface area (Å²) < 4.78 is 15.9. The molecule has 14 heavy (non-hydrogen) atoms. The lowest BCUT2D eigenvalue weighted by Gasteiger charge is -2.16. The summed E-state index contributed by atoms with van der Waals surface area (Å²) in [4.78, 5) is 0. The molecular weight excluding hydrogens is 180 g/mol. The zero-order valence-corrected chi connectivity index (χ0v) is 9.36. The molecule has 2 atom stereocenters. The molecule has 83 valence electrons. The average molecular weight is 201 g/mol. The molecule has 0 rings (SSSR count). The molecular formula is C11H21O3. The first kappa shape index (κ1) is 13.5. The van der Waals surface area contributed by atoms with Gasteiger partial charge in [0.25, 0.3) is 0 Å². The molecule has 3 heteroatoms. The van der Waals surface area contributed by atoms with Crippen molar-refractivity contribution in [2.24, 2.45) is 0 Å². The molecule has 0 aliphatic rings. The van der Waals surface area contributed by atoms with Crippen molar-refractivity contribution in [3.8, 4) is 0 Å². The second-order valence-corrected chi connectivity index (χ2v) is 3.20. The van der Waals surface area contributed by atoms with E-state index in [1.807, 2.05) is 27.2 Å². The van der Waals surface area contributed by atoms with E-state index in [2.05, 4.69) is 6.58 Å². The van der Waals surface area contributed by atoms with Gasteiger partial charge >= 0.3 is 0 Å². The molecule has 0 aliphatic carbocycles. The fourth-order valence-corrected chi connectivity index (χ4v) is 0.860. The summed E-state index contributed by atoms with van der Waals surface area (Å²) in [5.41, 5.74) is 0. The molecule has 0 bridgehead atoms. The van der Waals surface area contributed by atoms with Gasteiger partial charge in [0, 0.05) is 6.61 Å². The zero-order chi connectivity index (χ0) is 10.8. The number of hydrogen-bond acceptors (Lipinski definition) is 3. The van der Waals surface area contributed by atoms with Crippen molar-refractivity contribution in [2.45, 2.75) is 33.0 Å². The Labute approximate surface area is 87.0 Å². The van der Waals surface area contributed by atoms with Gasteiger partial charge in [0.1, 0.15) is 6.61 Å². The Bertz CT molecular complexity index is 136. The molecule has 0 aromatic rings. The molecule has 0 aromatic heterocycles. The summed E-state index contributed by atoms with van der Waals surface area (Å²) in [6.45, 7) is 11.2. The molecule has 1 radical (unpaired) electrons. The zero-order valence-electron chi connectivity index (χ0n) is 9.36. The third-order valence-electron chi connectivity index (χ3n) is 1.61. The molecule has 0 saturated heterocycles. The topological polar surface area (TPSA) is 27.7 Å². The Balaban J connectivity index is 3.35. The molecule has 0 heterocycles. The maximum absolute atomic E-state index is 5.49. The Morgan fingerprint density at radius 1 is 1.14 bits per heavy atom. The minimum atomic E-state index is 0.0738. The van der Waals surface area contributed by atoms with Crippen molar-refractivity contribution in [3.63, 3.8) is 0 Å². The SMILES string of the molecule is C=COCC(C)OCC(C)OC[CH]C. The van der Waals surface area contributed by atoms with Gasteiger partial charge in [-0.05, 0) is 20.3 Å². The lowest BCUT2D eigenvalue weighted by atomic mass is 10.4. The summed E-state index contributed by atoms with van der Waals surface area (Å²) >= 11 is 0. The van der Waals surface area contributed by atoms with E-state index in [9.17, 15) is 0 Å². The van der Waals surface area contributed by atoms with E-state index in [0.29, 0.717) is 19.8 Å². The number of rotatable bonds is 9. The summed E-state index contributed by atoms with van der Waals surface area (Å²) in [7, 11) is 0. The van der Waals surface area contributed by atoms with Crippen LogP contribution in [-0.2, 0) is 14.2 Å². The fourth-order valence-electron chi connectivity index (χ4n) is 0.860. The molecule has 0 saturated carbocycles. The second-order valence-electron chi connectivity index (χ2n) is 3.20. The second kappa shape index (κ2) is 9.03. The van der Waals surface area contributed by atoms with Gasteiger partial charge in [-0.25, -0.2) is 0 Å². The van der Waals surface area contributed by atoms with Crippen molar-refractivity contribution in [1.82, 2.24) is 0 Å². The van der Waals surface area contributed by atoms with Crippen LogP contribution in [0.5, 0.6) is 0 Å². The molecule has 0 aliphatic heterocycles. The predicted molar refractivity (Wildman–Crippen MR) is 57.0 cm³/mol. The molecule has 0 aromatic carbocycles. The van der Waals surface area contributed by atoms with Gasteiger partial charge in [0.05, 0.1) is 25.1 Å². The van der Waals surface area contributed by atoms with Crippen LogP contribution in [0.25, 0.3) is 0 Å². The van der Waals surface area contributed by atoms with Crippen LogP contribution in [0.2, 0.25) is 0 Å². The molecule has 3 nitrogen and oxygen atoms in total. The van der Waals surface area contributed by atoms with Gasteiger partial charge in [-0.2, -0.15) is 0 Å². The lowest BCUT2D eigenvalue weighted by Crippen LogP contribution is -2.23. The minimum absolute atomic E-state index is 0.0738. The van der Waals surface area contributed by atoms with E-state index < -0.39 is 0 Å². The van der Waals surface area contributed by atoms with Crippen LogP contribution in [0.15, 0.2) is 12.8 Å². The van der Waals surface area contributed by atoms with E-state index in [4.69, 9.17) is 14.2 Å².